The second-order valence-corrected chi connectivity index (χ2v) is 10.3. The van der Waals surface area contributed by atoms with Crippen molar-refractivity contribution in [3.05, 3.63) is 41.8 Å². The van der Waals surface area contributed by atoms with Gasteiger partial charge in [-0.3, -0.25) is 4.79 Å². The van der Waals surface area contributed by atoms with Crippen LogP contribution >= 0.6 is 23.1 Å². The second kappa shape index (κ2) is 8.43. The number of thiophene rings is 1. The fourth-order valence-electron chi connectivity index (χ4n) is 2.15. The molecule has 0 radical (unpaired) electrons. The normalized spacial score (nSPS) is 12.9. The van der Waals surface area contributed by atoms with Crippen molar-refractivity contribution in [1.82, 2.24) is 14.5 Å². The molecule has 1 amide bonds. The molecular formula is C17H18N4O4S3. The van der Waals surface area contributed by atoms with Crippen LogP contribution in [0.1, 0.15) is 6.92 Å². The van der Waals surface area contributed by atoms with Gasteiger partial charge in [0.25, 0.3) is 11.1 Å². The van der Waals surface area contributed by atoms with E-state index in [4.69, 9.17) is 4.42 Å². The number of sulfonamides is 1. The van der Waals surface area contributed by atoms with E-state index < -0.39 is 15.3 Å². The lowest BCUT2D eigenvalue weighted by Crippen LogP contribution is -2.24. The van der Waals surface area contributed by atoms with Crippen LogP contribution < -0.4 is 5.32 Å². The lowest BCUT2D eigenvalue weighted by atomic mass is 10.3. The van der Waals surface area contributed by atoms with Crippen LogP contribution in [0.15, 0.2) is 56.3 Å². The van der Waals surface area contributed by atoms with Crippen molar-refractivity contribution in [2.75, 3.05) is 19.4 Å². The smallest absolute Gasteiger partial charge is 0.277 e. The summed E-state index contributed by atoms with van der Waals surface area (Å²) in [4.78, 5) is 13.4. The molecule has 0 fully saturated rings. The van der Waals surface area contributed by atoms with Crippen molar-refractivity contribution in [3.63, 3.8) is 0 Å². The van der Waals surface area contributed by atoms with Gasteiger partial charge < -0.3 is 9.73 Å². The van der Waals surface area contributed by atoms with Gasteiger partial charge in [-0.25, -0.2) is 12.7 Å². The maximum absolute atomic E-state index is 12.5. The van der Waals surface area contributed by atoms with Crippen LogP contribution in [0.4, 0.5) is 5.69 Å². The number of nitrogens with one attached hydrogen (secondary N) is 1. The first-order chi connectivity index (χ1) is 13.3. The molecule has 3 aromatic rings. The molecule has 0 saturated heterocycles. The summed E-state index contributed by atoms with van der Waals surface area (Å²) in [6, 6.07) is 9.87. The lowest BCUT2D eigenvalue weighted by molar-refractivity contribution is -0.115. The zero-order valence-electron chi connectivity index (χ0n) is 15.3. The standard InChI is InChI=1S/C17H18N4O4S3/c1-11(27-17-20-19-16(25-17)14-8-5-9-26-14)15(22)18-12-6-4-7-13(10-12)28(23,24)21(2)3/h4-11H,1-3H3,(H,18,22)/t11-/m1/s1. The van der Waals surface area contributed by atoms with Crippen LogP contribution in [0.25, 0.3) is 10.8 Å². The Morgan fingerprint density at radius 2 is 2.04 bits per heavy atom. The molecule has 11 heteroatoms. The van der Waals surface area contributed by atoms with Gasteiger partial charge in [0, 0.05) is 19.8 Å². The summed E-state index contributed by atoms with van der Waals surface area (Å²) in [7, 11) is -0.673. The van der Waals surface area contributed by atoms with Gasteiger partial charge in [-0.05, 0) is 36.6 Å². The third-order valence-electron chi connectivity index (χ3n) is 3.67. The zero-order chi connectivity index (χ0) is 20.3. The summed E-state index contributed by atoms with van der Waals surface area (Å²) in [5, 5.41) is 12.3. The summed E-state index contributed by atoms with van der Waals surface area (Å²) >= 11 is 2.61. The zero-order valence-corrected chi connectivity index (χ0v) is 17.8. The van der Waals surface area contributed by atoms with Gasteiger partial charge in [-0.2, -0.15) is 0 Å². The summed E-state index contributed by atoms with van der Waals surface area (Å²) in [6.07, 6.45) is 0. The fourth-order valence-corrected chi connectivity index (χ4v) is 4.43. The molecule has 0 spiro atoms. The van der Waals surface area contributed by atoms with Crippen molar-refractivity contribution < 1.29 is 17.6 Å². The molecule has 8 nitrogen and oxygen atoms in total. The van der Waals surface area contributed by atoms with Crippen LogP contribution in [-0.2, 0) is 14.8 Å². The van der Waals surface area contributed by atoms with E-state index in [0.717, 1.165) is 20.9 Å². The van der Waals surface area contributed by atoms with Gasteiger partial charge in [-0.15, -0.1) is 21.5 Å². The van der Waals surface area contributed by atoms with Crippen LogP contribution in [0.5, 0.6) is 0 Å². The predicted molar refractivity (Wildman–Crippen MR) is 109 cm³/mol. The molecule has 2 aromatic heterocycles. The molecule has 0 aliphatic rings. The van der Waals surface area contributed by atoms with Crippen molar-refractivity contribution in [2.24, 2.45) is 0 Å². The monoisotopic (exact) mass is 438 g/mol. The topological polar surface area (TPSA) is 105 Å². The van der Waals surface area contributed by atoms with E-state index in [2.05, 4.69) is 15.5 Å². The minimum atomic E-state index is -3.58. The lowest BCUT2D eigenvalue weighted by Gasteiger charge is -2.13. The average molecular weight is 439 g/mol. The Morgan fingerprint density at radius 1 is 1.25 bits per heavy atom. The SMILES string of the molecule is C[C@@H](Sc1nnc(-c2cccs2)o1)C(=O)Nc1cccc(S(=O)(=O)N(C)C)c1. The van der Waals surface area contributed by atoms with E-state index in [1.165, 1.54) is 37.6 Å². The molecule has 2 heterocycles. The van der Waals surface area contributed by atoms with Crippen molar-refractivity contribution >= 4 is 44.7 Å². The number of thioether (sulfide) groups is 1. The first-order valence-electron chi connectivity index (χ1n) is 8.15. The van der Waals surface area contributed by atoms with Crippen molar-refractivity contribution in [2.45, 2.75) is 22.3 Å². The summed E-state index contributed by atoms with van der Waals surface area (Å²) in [6.45, 7) is 1.70. The second-order valence-electron chi connectivity index (χ2n) is 5.92. The third kappa shape index (κ3) is 4.61. The first kappa shape index (κ1) is 20.5. The number of nitrogens with zero attached hydrogens (tertiary/aromatic N) is 3. The molecule has 1 atom stereocenters. The Bertz CT molecular complexity index is 1060. The molecule has 0 bridgehead atoms. The highest BCUT2D eigenvalue weighted by Crippen LogP contribution is 2.29. The number of carbonyl (C=O) groups excluding carboxylic acids is 1. The van der Waals surface area contributed by atoms with E-state index in [9.17, 15) is 13.2 Å². The van der Waals surface area contributed by atoms with Crippen LogP contribution in [0.2, 0.25) is 0 Å². The maximum Gasteiger partial charge on any atom is 0.277 e. The molecule has 0 unspecified atom stereocenters. The predicted octanol–water partition coefficient (Wildman–Crippen LogP) is 3.17. The number of anilines is 1. The van der Waals surface area contributed by atoms with Crippen LogP contribution in [0, 0.1) is 0 Å². The average Bonchev–Trinajstić information content (AvgIpc) is 3.33. The molecule has 0 saturated carbocycles. The largest absolute Gasteiger partial charge is 0.410 e. The molecule has 0 aliphatic heterocycles. The number of benzene rings is 1. The molecule has 28 heavy (non-hydrogen) atoms. The maximum atomic E-state index is 12.5. The van der Waals surface area contributed by atoms with Gasteiger partial charge in [0.05, 0.1) is 15.0 Å². The van der Waals surface area contributed by atoms with Gasteiger partial charge >= 0.3 is 0 Å². The number of amides is 1. The van der Waals surface area contributed by atoms with E-state index in [1.807, 2.05) is 17.5 Å². The van der Waals surface area contributed by atoms with E-state index >= 15 is 0 Å². The minimum absolute atomic E-state index is 0.105. The Balaban J connectivity index is 1.66. The molecule has 3 rings (SSSR count). The molecular weight excluding hydrogens is 420 g/mol. The van der Waals surface area contributed by atoms with Crippen LogP contribution in [0.3, 0.4) is 0 Å². The quantitative estimate of drug-likeness (QED) is 0.565. The summed E-state index contributed by atoms with van der Waals surface area (Å²) < 4.78 is 31.1. The van der Waals surface area contributed by atoms with Crippen molar-refractivity contribution in [1.29, 1.82) is 0 Å². The fraction of sp³-hybridized carbons (Fsp3) is 0.235. The number of hydrogen-bond acceptors (Lipinski definition) is 8. The Morgan fingerprint density at radius 3 is 2.71 bits per heavy atom. The van der Waals surface area contributed by atoms with E-state index in [0.29, 0.717) is 11.6 Å². The molecule has 1 aromatic carbocycles. The van der Waals surface area contributed by atoms with E-state index in [-0.39, 0.29) is 16.0 Å². The number of carbonyl (C=O) groups is 1. The first-order valence-corrected chi connectivity index (χ1v) is 11.3. The van der Waals surface area contributed by atoms with Crippen LogP contribution in [-0.4, -0.2) is 48.2 Å². The highest BCUT2D eigenvalue weighted by atomic mass is 32.2. The molecule has 1 N–H and O–H groups in total. The Kier molecular flexibility index (Phi) is 6.18. The highest BCUT2D eigenvalue weighted by molar-refractivity contribution is 8.00. The summed E-state index contributed by atoms with van der Waals surface area (Å²) in [5.41, 5.74) is 0.394. The molecule has 0 aliphatic carbocycles. The van der Waals surface area contributed by atoms with Gasteiger partial charge in [0.2, 0.25) is 15.9 Å². The molecule has 148 valence electrons. The van der Waals surface area contributed by atoms with Gasteiger partial charge in [-0.1, -0.05) is 23.9 Å². The Hall–Kier alpha value is -2.21. The number of hydrogen-bond donors (Lipinski definition) is 1. The highest BCUT2D eigenvalue weighted by Gasteiger charge is 2.21. The Labute approximate surface area is 171 Å². The number of aromatic nitrogens is 2. The number of rotatable bonds is 7. The van der Waals surface area contributed by atoms with Gasteiger partial charge in [0.15, 0.2) is 0 Å². The van der Waals surface area contributed by atoms with E-state index in [1.54, 1.807) is 19.1 Å². The van der Waals surface area contributed by atoms with Gasteiger partial charge in [0.1, 0.15) is 0 Å². The minimum Gasteiger partial charge on any atom is -0.410 e. The third-order valence-corrected chi connectivity index (χ3v) is 7.27. The van der Waals surface area contributed by atoms with Crippen molar-refractivity contribution in [3.8, 4) is 10.8 Å². The summed E-state index contributed by atoms with van der Waals surface area (Å²) in [5.74, 6) is 0.104.